The molecule has 0 saturated carbocycles. The van der Waals surface area contributed by atoms with Gasteiger partial charge in [0.05, 0.1) is 0 Å². The molecular weight excluding hydrogens is 320 g/mol. The second-order valence-corrected chi connectivity index (χ2v) is 6.10. The average Bonchev–Trinajstić information content (AvgIpc) is 2.93. The Morgan fingerprint density at radius 3 is 2.55 bits per heavy atom. The molecule has 6 heteroatoms. The SMILES string of the molecule is CN(C)C(=O)/C(C#N)=C\c1ccc(Sc2ccc(Cl)cc2)o1. The van der Waals surface area contributed by atoms with Crippen molar-refractivity contribution in [3.63, 3.8) is 0 Å². The highest BCUT2D eigenvalue weighted by atomic mass is 35.5. The summed E-state index contributed by atoms with van der Waals surface area (Å²) < 4.78 is 5.61. The third-order valence-electron chi connectivity index (χ3n) is 2.68. The summed E-state index contributed by atoms with van der Waals surface area (Å²) in [4.78, 5) is 14.1. The lowest BCUT2D eigenvalue weighted by Crippen LogP contribution is -2.22. The van der Waals surface area contributed by atoms with Gasteiger partial charge in [-0.3, -0.25) is 4.79 Å². The molecule has 0 spiro atoms. The molecule has 0 radical (unpaired) electrons. The standard InChI is InChI=1S/C16H13ClN2O2S/c1-19(2)16(20)11(10-18)9-13-5-8-15(21-13)22-14-6-3-12(17)4-7-14/h3-9H,1-2H3/b11-9-. The molecule has 0 N–H and O–H groups in total. The Bertz CT molecular complexity index is 742. The molecule has 112 valence electrons. The zero-order chi connectivity index (χ0) is 16.1. The van der Waals surface area contributed by atoms with Crippen LogP contribution >= 0.6 is 23.4 Å². The minimum absolute atomic E-state index is 0.0300. The van der Waals surface area contributed by atoms with E-state index in [1.165, 1.54) is 22.7 Å². The van der Waals surface area contributed by atoms with Crippen molar-refractivity contribution in [2.45, 2.75) is 9.99 Å². The Balaban J connectivity index is 2.16. The molecular formula is C16H13ClN2O2S. The Hall–Kier alpha value is -2.16. The third-order valence-corrected chi connectivity index (χ3v) is 3.86. The number of halogens is 1. The van der Waals surface area contributed by atoms with Gasteiger partial charge in [-0.25, -0.2) is 0 Å². The molecule has 1 amide bonds. The van der Waals surface area contributed by atoms with Crippen molar-refractivity contribution in [2.24, 2.45) is 0 Å². The Labute approximate surface area is 138 Å². The molecule has 0 aliphatic rings. The van der Waals surface area contributed by atoms with Crippen LogP contribution in [0.3, 0.4) is 0 Å². The van der Waals surface area contributed by atoms with Crippen LogP contribution in [0.2, 0.25) is 5.02 Å². The van der Waals surface area contributed by atoms with Crippen LogP contribution < -0.4 is 0 Å². The van der Waals surface area contributed by atoms with Crippen molar-refractivity contribution in [3.05, 3.63) is 52.8 Å². The van der Waals surface area contributed by atoms with Crippen LogP contribution in [0.25, 0.3) is 6.08 Å². The monoisotopic (exact) mass is 332 g/mol. The minimum Gasteiger partial charge on any atom is -0.450 e. The quantitative estimate of drug-likeness (QED) is 0.625. The summed E-state index contributed by atoms with van der Waals surface area (Å²) >= 11 is 7.27. The zero-order valence-corrected chi connectivity index (χ0v) is 13.6. The first kappa shape index (κ1) is 16.2. The fourth-order valence-electron chi connectivity index (χ4n) is 1.61. The van der Waals surface area contributed by atoms with Gasteiger partial charge in [0.15, 0.2) is 5.09 Å². The maximum atomic E-state index is 11.8. The van der Waals surface area contributed by atoms with Gasteiger partial charge >= 0.3 is 0 Å². The van der Waals surface area contributed by atoms with Crippen molar-refractivity contribution < 1.29 is 9.21 Å². The van der Waals surface area contributed by atoms with E-state index >= 15 is 0 Å². The number of hydrogen-bond donors (Lipinski definition) is 0. The number of benzene rings is 1. The van der Waals surface area contributed by atoms with Gasteiger partial charge in [-0.1, -0.05) is 23.4 Å². The van der Waals surface area contributed by atoms with Crippen LogP contribution in [0.4, 0.5) is 0 Å². The molecule has 0 atom stereocenters. The highest BCUT2D eigenvalue weighted by molar-refractivity contribution is 7.99. The first-order chi connectivity index (χ1) is 10.5. The second kappa shape index (κ2) is 7.21. The summed E-state index contributed by atoms with van der Waals surface area (Å²) in [5.41, 5.74) is 0.0300. The summed E-state index contributed by atoms with van der Waals surface area (Å²) in [6.07, 6.45) is 1.44. The van der Waals surface area contributed by atoms with Crippen LogP contribution in [0.5, 0.6) is 0 Å². The predicted octanol–water partition coefficient (Wildman–Crippen LogP) is 4.08. The molecule has 4 nitrogen and oxygen atoms in total. The van der Waals surface area contributed by atoms with Crippen molar-refractivity contribution in [1.82, 2.24) is 4.90 Å². The van der Waals surface area contributed by atoms with E-state index in [4.69, 9.17) is 21.3 Å². The number of likely N-dealkylation sites (N-methyl/N-ethyl adjacent to an activating group) is 1. The summed E-state index contributed by atoms with van der Waals surface area (Å²) in [7, 11) is 3.19. The minimum atomic E-state index is -0.356. The Kier molecular flexibility index (Phi) is 5.31. The second-order valence-electron chi connectivity index (χ2n) is 4.58. The van der Waals surface area contributed by atoms with Gasteiger partial charge in [-0.2, -0.15) is 5.26 Å². The van der Waals surface area contributed by atoms with Crippen molar-refractivity contribution in [3.8, 4) is 6.07 Å². The van der Waals surface area contributed by atoms with E-state index in [1.807, 2.05) is 18.2 Å². The lowest BCUT2D eigenvalue weighted by atomic mass is 10.2. The molecule has 1 aromatic carbocycles. The number of rotatable bonds is 4. The molecule has 1 aromatic heterocycles. The van der Waals surface area contributed by atoms with E-state index in [2.05, 4.69) is 0 Å². The number of nitrogens with zero attached hydrogens (tertiary/aromatic N) is 2. The smallest absolute Gasteiger partial charge is 0.264 e. The number of amides is 1. The van der Waals surface area contributed by atoms with E-state index in [-0.39, 0.29) is 11.5 Å². The maximum Gasteiger partial charge on any atom is 0.264 e. The average molecular weight is 333 g/mol. The maximum absolute atomic E-state index is 11.8. The van der Waals surface area contributed by atoms with E-state index in [0.29, 0.717) is 15.9 Å². The molecule has 0 unspecified atom stereocenters. The van der Waals surface area contributed by atoms with Crippen LogP contribution in [-0.2, 0) is 4.79 Å². The lowest BCUT2D eigenvalue weighted by Gasteiger charge is -2.07. The van der Waals surface area contributed by atoms with E-state index in [9.17, 15) is 4.79 Å². The first-order valence-electron chi connectivity index (χ1n) is 6.36. The summed E-state index contributed by atoms with van der Waals surface area (Å²) in [5.74, 6) is 0.106. The number of nitriles is 1. The van der Waals surface area contributed by atoms with Crippen molar-refractivity contribution in [1.29, 1.82) is 5.26 Å². The molecule has 0 bridgehead atoms. The van der Waals surface area contributed by atoms with Gasteiger partial charge in [-0.05, 0) is 36.4 Å². The summed E-state index contributed by atoms with van der Waals surface area (Å²) in [5, 5.41) is 10.4. The van der Waals surface area contributed by atoms with Gasteiger partial charge in [0.2, 0.25) is 0 Å². The molecule has 1 heterocycles. The highest BCUT2D eigenvalue weighted by Gasteiger charge is 2.12. The van der Waals surface area contributed by atoms with Crippen LogP contribution in [-0.4, -0.2) is 24.9 Å². The Morgan fingerprint density at radius 1 is 1.27 bits per heavy atom. The number of carbonyl (C=O) groups is 1. The first-order valence-corrected chi connectivity index (χ1v) is 7.56. The topological polar surface area (TPSA) is 57.2 Å². The summed E-state index contributed by atoms with van der Waals surface area (Å²) in [6.45, 7) is 0. The van der Waals surface area contributed by atoms with E-state index in [0.717, 1.165) is 4.90 Å². The molecule has 0 aliphatic heterocycles. The predicted molar refractivity (Wildman–Crippen MR) is 86.6 cm³/mol. The zero-order valence-electron chi connectivity index (χ0n) is 12.0. The fourth-order valence-corrected chi connectivity index (χ4v) is 2.52. The van der Waals surface area contributed by atoms with Gasteiger partial charge in [0, 0.05) is 30.1 Å². The molecule has 2 aromatic rings. The molecule has 0 fully saturated rings. The van der Waals surface area contributed by atoms with Gasteiger partial charge in [-0.15, -0.1) is 0 Å². The fraction of sp³-hybridized carbons (Fsp3) is 0.125. The third kappa shape index (κ3) is 4.17. The lowest BCUT2D eigenvalue weighted by molar-refractivity contribution is -0.124. The van der Waals surface area contributed by atoms with Gasteiger partial charge < -0.3 is 9.32 Å². The van der Waals surface area contributed by atoms with E-state index < -0.39 is 0 Å². The normalized spacial score (nSPS) is 11.1. The Morgan fingerprint density at radius 2 is 1.95 bits per heavy atom. The van der Waals surface area contributed by atoms with E-state index in [1.54, 1.807) is 38.4 Å². The van der Waals surface area contributed by atoms with Crippen LogP contribution in [0.15, 0.2) is 56.4 Å². The number of hydrogen-bond acceptors (Lipinski definition) is 4. The molecule has 0 saturated heterocycles. The summed E-state index contributed by atoms with van der Waals surface area (Å²) in [6, 6.07) is 12.8. The van der Waals surface area contributed by atoms with Gasteiger partial charge in [0.1, 0.15) is 17.4 Å². The largest absolute Gasteiger partial charge is 0.450 e. The number of carbonyl (C=O) groups excluding carboxylic acids is 1. The molecule has 22 heavy (non-hydrogen) atoms. The number of furan rings is 1. The van der Waals surface area contributed by atoms with Crippen molar-refractivity contribution >= 4 is 35.3 Å². The van der Waals surface area contributed by atoms with Crippen LogP contribution in [0, 0.1) is 11.3 Å². The van der Waals surface area contributed by atoms with Crippen LogP contribution in [0.1, 0.15) is 5.76 Å². The highest BCUT2D eigenvalue weighted by Crippen LogP contribution is 2.30. The molecule has 2 rings (SSSR count). The molecule has 0 aliphatic carbocycles. The van der Waals surface area contributed by atoms with Crippen molar-refractivity contribution in [2.75, 3.05) is 14.1 Å². The van der Waals surface area contributed by atoms with Gasteiger partial charge in [0.25, 0.3) is 5.91 Å².